The van der Waals surface area contributed by atoms with Gasteiger partial charge >= 0.3 is 6.18 Å². The average Bonchev–Trinajstić information content (AvgIpc) is 2.64. The standard InChI is InChI=1S/C11H10F3NS/c1-7-6-15-10(16-7)8-3-2-4-9(5-8)11(12,13)14/h2-5,7H,6H2,1H3. The van der Waals surface area contributed by atoms with E-state index in [1.165, 1.54) is 17.8 Å². The van der Waals surface area contributed by atoms with E-state index < -0.39 is 11.7 Å². The first-order chi connectivity index (χ1) is 7.47. The van der Waals surface area contributed by atoms with Gasteiger partial charge < -0.3 is 0 Å². The van der Waals surface area contributed by atoms with Crippen molar-refractivity contribution in [2.24, 2.45) is 4.99 Å². The van der Waals surface area contributed by atoms with E-state index in [4.69, 9.17) is 0 Å². The predicted octanol–water partition coefficient (Wildman–Crippen LogP) is 3.59. The minimum atomic E-state index is -4.29. The third-order valence-corrected chi connectivity index (χ3v) is 3.38. The highest BCUT2D eigenvalue weighted by atomic mass is 32.2. The largest absolute Gasteiger partial charge is 0.416 e. The predicted molar refractivity (Wildman–Crippen MR) is 59.9 cm³/mol. The van der Waals surface area contributed by atoms with E-state index in [0.717, 1.165) is 12.1 Å². The Hall–Kier alpha value is -0.970. The van der Waals surface area contributed by atoms with Crippen LogP contribution in [0.25, 0.3) is 0 Å². The second-order valence-corrected chi connectivity index (χ2v) is 5.08. The second kappa shape index (κ2) is 4.13. The van der Waals surface area contributed by atoms with Crippen LogP contribution in [0, 0.1) is 0 Å². The average molecular weight is 245 g/mol. The molecular formula is C11H10F3NS. The highest BCUT2D eigenvalue weighted by molar-refractivity contribution is 8.15. The zero-order chi connectivity index (χ0) is 11.8. The third-order valence-electron chi connectivity index (χ3n) is 2.24. The van der Waals surface area contributed by atoms with Gasteiger partial charge in [-0.05, 0) is 12.1 Å². The molecule has 0 aromatic heterocycles. The summed E-state index contributed by atoms with van der Waals surface area (Å²) in [5, 5.41) is 1.06. The summed E-state index contributed by atoms with van der Waals surface area (Å²) in [4.78, 5) is 4.22. The summed E-state index contributed by atoms with van der Waals surface area (Å²) in [5.41, 5.74) is -0.0583. The molecule has 5 heteroatoms. The zero-order valence-corrected chi connectivity index (χ0v) is 9.40. The molecule has 0 N–H and O–H groups in total. The molecule has 16 heavy (non-hydrogen) atoms. The molecule has 86 valence electrons. The lowest BCUT2D eigenvalue weighted by atomic mass is 10.1. The monoisotopic (exact) mass is 245 g/mol. The summed E-state index contributed by atoms with van der Waals surface area (Å²) >= 11 is 1.52. The minimum Gasteiger partial charge on any atom is -0.277 e. The van der Waals surface area contributed by atoms with E-state index in [9.17, 15) is 13.2 Å². The molecule has 0 radical (unpaired) electrons. The molecule has 0 aliphatic carbocycles. The Balaban J connectivity index is 2.30. The van der Waals surface area contributed by atoms with Gasteiger partial charge in [-0.1, -0.05) is 19.1 Å². The number of halogens is 3. The summed E-state index contributed by atoms with van der Waals surface area (Å²) in [7, 11) is 0. The van der Waals surface area contributed by atoms with Crippen molar-refractivity contribution in [3.63, 3.8) is 0 Å². The number of hydrogen-bond acceptors (Lipinski definition) is 2. The first-order valence-electron chi connectivity index (χ1n) is 4.85. The van der Waals surface area contributed by atoms with Gasteiger partial charge in [0.2, 0.25) is 0 Å². The number of nitrogens with zero attached hydrogens (tertiary/aromatic N) is 1. The number of thioether (sulfide) groups is 1. The molecule has 0 saturated carbocycles. The van der Waals surface area contributed by atoms with Crippen molar-refractivity contribution in [3.05, 3.63) is 35.4 Å². The molecule has 2 rings (SSSR count). The lowest BCUT2D eigenvalue weighted by Crippen LogP contribution is -2.06. The Morgan fingerprint density at radius 2 is 2.12 bits per heavy atom. The third kappa shape index (κ3) is 2.40. The molecule has 1 aliphatic heterocycles. The van der Waals surface area contributed by atoms with E-state index in [-0.39, 0.29) is 0 Å². The van der Waals surface area contributed by atoms with Crippen molar-refractivity contribution in [3.8, 4) is 0 Å². The fourth-order valence-electron chi connectivity index (χ4n) is 1.46. The van der Waals surface area contributed by atoms with Crippen LogP contribution in [0.15, 0.2) is 29.3 Å². The summed E-state index contributed by atoms with van der Waals surface area (Å²) in [5.74, 6) is 0. The van der Waals surface area contributed by atoms with Crippen LogP contribution in [-0.2, 0) is 6.18 Å². The maximum Gasteiger partial charge on any atom is 0.416 e. The first kappa shape index (κ1) is 11.5. The van der Waals surface area contributed by atoms with Crippen LogP contribution in [0.3, 0.4) is 0 Å². The Kier molecular flexibility index (Phi) is 2.97. The number of hydrogen-bond donors (Lipinski definition) is 0. The lowest BCUT2D eigenvalue weighted by molar-refractivity contribution is -0.137. The van der Waals surface area contributed by atoms with Gasteiger partial charge in [-0.2, -0.15) is 13.2 Å². The van der Waals surface area contributed by atoms with Gasteiger partial charge in [0.25, 0.3) is 0 Å². The van der Waals surface area contributed by atoms with Crippen LogP contribution in [0.1, 0.15) is 18.1 Å². The molecule has 1 aromatic carbocycles. The van der Waals surface area contributed by atoms with Gasteiger partial charge in [0.15, 0.2) is 0 Å². The highest BCUT2D eigenvalue weighted by Gasteiger charge is 2.31. The van der Waals surface area contributed by atoms with Crippen molar-refractivity contribution in [1.29, 1.82) is 0 Å². The van der Waals surface area contributed by atoms with Crippen LogP contribution in [0.5, 0.6) is 0 Å². The first-order valence-corrected chi connectivity index (χ1v) is 5.73. The molecule has 1 aliphatic rings. The van der Waals surface area contributed by atoms with E-state index in [1.54, 1.807) is 6.07 Å². The summed E-state index contributed by atoms with van der Waals surface area (Å²) in [6.45, 7) is 2.69. The molecule has 1 unspecified atom stereocenters. The van der Waals surface area contributed by atoms with E-state index in [1.807, 2.05) is 6.92 Å². The molecule has 0 fully saturated rings. The molecule has 1 heterocycles. The number of benzene rings is 1. The Morgan fingerprint density at radius 3 is 2.69 bits per heavy atom. The maximum atomic E-state index is 12.5. The SMILES string of the molecule is CC1CN=C(c2cccc(C(F)(F)F)c2)S1. The fraction of sp³-hybridized carbons (Fsp3) is 0.364. The van der Waals surface area contributed by atoms with Crippen molar-refractivity contribution >= 4 is 16.8 Å². The van der Waals surface area contributed by atoms with Crippen molar-refractivity contribution < 1.29 is 13.2 Å². The quantitative estimate of drug-likeness (QED) is 0.736. The van der Waals surface area contributed by atoms with Gasteiger partial charge in [-0.25, -0.2) is 0 Å². The normalized spacial score (nSPS) is 21.0. The molecule has 0 amide bonds. The van der Waals surface area contributed by atoms with E-state index in [0.29, 0.717) is 22.4 Å². The summed E-state index contributed by atoms with van der Waals surface area (Å²) in [6.07, 6.45) is -4.29. The molecule has 0 saturated heterocycles. The van der Waals surface area contributed by atoms with Gasteiger partial charge in [-0.3, -0.25) is 4.99 Å². The summed E-state index contributed by atoms with van der Waals surface area (Å²) < 4.78 is 37.5. The fourth-order valence-corrected chi connectivity index (χ4v) is 2.41. The van der Waals surface area contributed by atoms with Crippen molar-refractivity contribution in [2.45, 2.75) is 18.3 Å². The van der Waals surface area contributed by atoms with Gasteiger partial charge in [-0.15, -0.1) is 11.8 Å². The molecule has 0 bridgehead atoms. The Labute approximate surface area is 95.8 Å². The van der Waals surface area contributed by atoms with Crippen LogP contribution in [0.2, 0.25) is 0 Å². The lowest BCUT2D eigenvalue weighted by Gasteiger charge is -2.08. The maximum absolute atomic E-state index is 12.5. The topological polar surface area (TPSA) is 12.4 Å². The van der Waals surface area contributed by atoms with Crippen LogP contribution in [0.4, 0.5) is 13.2 Å². The van der Waals surface area contributed by atoms with Crippen molar-refractivity contribution in [1.82, 2.24) is 0 Å². The Bertz CT molecular complexity index is 425. The second-order valence-electron chi connectivity index (χ2n) is 3.65. The zero-order valence-electron chi connectivity index (χ0n) is 8.58. The van der Waals surface area contributed by atoms with Gasteiger partial charge in [0, 0.05) is 10.8 Å². The van der Waals surface area contributed by atoms with Crippen LogP contribution < -0.4 is 0 Å². The number of aliphatic imine (C=N–C) groups is 1. The van der Waals surface area contributed by atoms with Gasteiger partial charge in [0.1, 0.15) is 0 Å². The molecular weight excluding hydrogens is 235 g/mol. The van der Waals surface area contributed by atoms with Crippen molar-refractivity contribution in [2.75, 3.05) is 6.54 Å². The molecule has 0 spiro atoms. The molecule has 1 atom stereocenters. The molecule has 1 nitrogen and oxygen atoms in total. The number of alkyl halides is 3. The highest BCUT2D eigenvalue weighted by Crippen LogP contribution is 2.32. The van der Waals surface area contributed by atoms with Crippen LogP contribution in [-0.4, -0.2) is 16.8 Å². The van der Waals surface area contributed by atoms with E-state index >= 15 is 0 Å². The molecule has 1 aromatic rings. The summed E-state index contributed by atoms with van der Waals surface area (Å²) in [6, 6.07) is 5.32. The Morgan fingerprint density at radius 1 is 1.38 bits per heavy atom. The smallest absolute Gasteiger partial charge is 0.277 e. The van der Waals surface area contributed by atoms with Crippen LogP contribution >= 0.6 is 11.8 Å². The number of rotatable bonds is 1. The van der Waals surface area contributed by atoms with E-state index in [2.05, 4.69) is 4.99 Å². The van der Waals surface area contributed by atoms with Gasteiger partial charge in [0.05, 0.1) is 17.2 Å². The minimum absolute atomic E-state index is 0.351.